The average Bonchev–Trinajstić information content (AvgIpc) is 3.20. The normalized spacial score (nSPS) is 17.3. The SMILES string of the molecule is CCN1C(C#N)=C(C#N)N=C(c2cccs2)C1/C=C/c1ccccc1. The van der Waals surface area contributed by atoms with Crippen molar-refractivity contribution in [1.82, 2.24) is 4.90 Å². The van der Waals surface area contributed by atoms with E-state index in [2.05, 4.69) is 17.1 Å². The highest BCUT2D eigenvalue weighted by atomic mass is 32.1. The lowest BCUT2D eigenvalue weighted by Gasteiger charge is -2.33. The molecule has 1 aliphatic rings. The van der Waals surface area contributed by atoms with Gasteiger partial charge in [0, 0.05) is 6.54 Å². The summed E-state index contributed by atoms with van der Waals surface area (Å²) >= 11 is 1.58. The molecule has 0 saturated heterocycles. The zero-order valence-corrected chi connectivity index (χ0v) is 14.6. The van der Waals surface area contributed by atoms with Crippen LogP contribution in [0.15, 0.2) is 70.3 Å². The van der Waals surface area contributed by atoms with Gasteiger partial charge in [0.1, 0.15) is 12.1 Å². The number of aliphatic imine (C=N–C) groups is 1. The number of hydrogen-bond acceptors (Lipinski definition) is 5. The van der Waals surface area contributed by atoms with Crippen LogP contribution in [0.1, 0.15) is 17.4 Å². The fourth-order valence-electron chi connectivity index (χ4n) is 2.80. The number of nitriles is 2. The maximum atomic E-state index is 9.52. The molecule has 0 aliphatic carbocycles. The van der Waals surface area contributed by atoms with Crippen molar-refractivity contribution in [3.05, 3.63) is 75.8 Å². The molecule has 3 rings (SSSR count). The Hall–Kier alpha value is -3.15. The second-order valence-electron chi connectivity index (χ2n) is 5.40. The van der Waals surface area contributed by atoms with Crippen molar-refractivity contribution >= 4 is 23.1 Å². The molecule has 0 amide bonds. The third-order valence-corrected chi connectivity index (χ3v) is 4.85. The van der Waals surface area contributed by atoms with Gasteiger partial charge in [-0.05, 0) is 23.9 Å². The van der Waals surface area contributed by atoms with Gasteiger partial charge in [-0.15, -0.1) is 11.3 Å². The van der Waals surface area contributed by atoms with Crippen LogP contribution in [0.2, 0.25) is 0 Å². The first-order valence-electron chi connectivity index (χ1n) is 7.95. The number of allylic oxidation sites excluding steroid dienone is 2. The van der Waals surface area contributed by atoms with Crippen molar-refractivity contribution < 1.29 is 0 Å². The molecule has 0 spiro atoms. The van der Waals surface area contributed by atoms with E-state index in [1.54, 1.807) is 11.3 Å². The molecule has 1 aliphatic heterocycles. The highest BCUT2D eigenvalue weighted by molar-refractivity contribution is 7.12. The quantitative estimate of drug-likeness (QED) is 0.834. The van der Waals surface area contributed by atoms with Crippen molar-refractivity contribution in [2.24, 2.45) is 4.99 Å². The van der Waals surface area contributed by atoms with E-state index in [0.717, 1.165) is 16.2 Å². The highest BCUT2D eigenvalue weighted by Gasteiger charge is 2.31. The van der Waals surface area contributed by atoms with Crippen LogP contribution < -0.4 is 0 Å². The average molecular weight is 344 g/mol. The predicted octanol–water partition coefficient (Wildman–Crippen LogP) is 4.21. The molecule has 1 atom stereocenters. The van der Waals surface area contributed by atoms with Crippen LogP contribution in [0.4, 0.5) is 0 Å². The molecule has 25 heavy (non-hydrogen) atoms. The molecule has 4 nitrogen and oxygen atoms in total. The molecule has 2 heterocycles. The Labute approximate surface area is 151 Å². The lowest BCUT2D eigenvalue weighted by Crippen LogP contribution is -2.42. The van der Waals surface area contributed by atoms with Gasteiger partial charge in [-0.2, -0.15) is 10.5 Å². The van der Waals surface area contributed by atoms with Crippen LogP contribution in [-0.2, 0) is 0 Å². The summed E-state index contributed by atoms with van der Waals surface area (Å²) in [5.74, 6) is 0. The second-order valence-corrected chi connectivity index (χ2v) is 6.34. The Balaban J connectivity index is 2.09. The predicted molar refractivity (Wildman–Crippen MR) is 101 cm³/mol. The van der Waals surface area contributed by atoms with Crippen LogP contribution in [0.5, 0.6) is 0 Å². The zero-order valence-electron chi connectivity index (χ0n) is 13.8. The lowest BCUT2D eigenvalue weighted by molar-refractivity contribution is 0.366. The first-order valence-corrected chi connectivity index (χ1v) is 8.83. The van der Waals surface area contributed by atoms with Crippen LogP contribution >= 0.6 is 11.3 Å². The zero-order chi connectivity index (χ0) is 17.6. The Bertz CT molecular complexity index is 909. The molecule has 0 radical (unpaired) electrons. The standard InChI is InChI=1S/C20H16N4S/c1-2-24-17(11-10-15-7-4-3-5-8-15)20(19-9-6-12-25-19)23-16(13-21)18(24)14-22/h3-12,17H,2H2,1H3/b11-10+. The van der Waals surface area contributed by atoms with Crippen LogP contribution in [0.3, 0.4) is 0 Å². The fourth-order valence-corrected chi connectivity index (χ4v) is 3.55. The Kier molecular flexibility index (Phi) is 5.09. The van der Waals surface area contributed by atoms with E-state index in [1.807, 2.05) is 71.8 Å². The summed E-state index contributed by atoms with van der Waals surface area (Å²) in [5.41, 5.74) is 2.39. The van der Waals surface area contributed by atoms with Gasteiger partial charge in [0.25, 0.3) is 0 Å². The number of hydrogen-bond donors (Lipinski definition) is 0. The molecule has 0 saturated carbocycles. The molecule has 1 unspecified atom stereocenters. The molecular weight excluding hydrogens is 328 g/mol. The number of benzene rings is 1. The number of nitrogens with zero attached hydrogens (tertiary/aromatic N) is 4. The molecule has 0 fully saturated rings. The van der Waals surface area contributed by atoms with E-state index >= 15 is 0 Å². The first-order chi connectivity index (χ1) is 12.3. The largest absolute Gasteiger partial charge is 0.349 e. The molecule has 122 valence electrons. The van der Waals surface area contributed by atoms with E-state index in [-0.39, 0.29) is 11.7 Å². The van der Waals surface area contributed by atoms with Gasteiger partial charge in [0.2, 0.25) is 0 Å². The number of rotatable bonds is 4. The minimum absolute atomic E-state index is 0.178. The third-order valence-electron chi connectivity index (χ3n) is 3.96. The van der Waals surface area contributed by atoms with Gasteiger partial charge < -0.3 is 4.90 Å². The molecule has 1 aromatic carbocycles. The molecule has 5 heteroatoms. The van der Waals surface area contributed by atoms with Gasteiger partial charge in [-0.1, -0.05) is 48.6 Å². The van der Waals surface area contributed by atoms with Crippen molar-refractivity contribution in [2.75, 3.05) is 6.54 Å². The van der Waals surface area contributed by atoms with Gasteiger partial charge in [0.05, 0.1) is 16.6 Å². The first kappa shape index (κ1) is 16.7. The lowest BCUT2D eigenvalue weighted by atomic mass is 10.0. The smallest absolute Gasteiger partial charge is 0.175 e. The Morgan fingerprint density at radius 3 is 2.56 bits per heavy atom. The van der Waals surface area contributed by atoms with Gasteiger partial charge in [0.15, 0.2) is 11.4 Å². The Morgan fingerprint density at radius 1 is 1.16 bits per heavy atom. The summed E-state index contributed by atoms with van der Waals surface area (Å²) in [6.45, 7) is 2.59. The molecule has 1 aromatic heterocycles. The summed E-state index contributed by atoms with van der Waals surface area (Å²) in [4.78, 5) is 7.45. The van der Waals surface area contributed by atoms with Crippen molar-refractivity contribution in [1.29, 1.82) is 10.5 Å². The summed E-state index contributed by atoms with van der Waals surface area (Å²) in [6, 6.07) is 18.0. The van der Waals surface area contributed by atoms with Gasteiger partial charge in [-0.3, -0.25) is 0 Å². The highest BCUT2D eigenvalue weighted by Crippen LogP contribution is 2.27. The van der Waals surface area contributed by atoms with Crippen molar-refractivity contribution in [3.63, 3.8) is 0 Å². The van der Waals surface area contributed by atoms with E-state index in [1.165, 1.54) is 0 Å². The van der Waals surface area contributed by atoms with Gasteiger partial charge >= 0.3 is 0 Å². The van der Waals surface area contributed by atoms with Crippen LogP contribution in [0.25, 0.3) is 6.08 Å². The number of thiophene rings is 1. The summed E-state index contributed by atoms with van der Waals surface area (Å²) in [7, 11) is 0. The maximum Gasteiger partial charge on any atom is 0.175 e. The minimum Gasteiger partial charge on any atom is -0.349 e. The van der Waals surface area contributed by atoms with Crippen molar-refractivity contribution in [2.45, 2.75) is 13.0 Å². The van der Waals surface area contributed by atoms with E-state index in [0.29, 0.717) is 12.2 Å². The van der Waals surface area contributed by atoms with E-state index in [4.69, 9.17) is 0 Å². The van der Waals surface area contributed by atoms with Gasteiger partial charge in [-0.25, -0.2) is 4.99 Å². The fraction of sp³-hybridized carbons (Fsp3) is 0.150. The minimum atomic E-state index is -0.185. The van der Waals surface area contributed by atoms with Crippen LogP contribution in [0, 0.1) is 22.7 Å². The molecule has 0 bridgehead atoms. The Morgan fingerprint density at radius 2 is 1.96 bits per heavy atom. The molecule has 0 N–H and O–H groups in total. The maximum absolute atomic E-state index is 9.52. The molecular formula is C20H16N4S. The monoisotopic (exact) mass is 344 g/mol. The van der Waals surface area contributed by atoms with Crippen molar-refractivity contribution in [3.8, 4) is 12.1 Å². The van der Waals surface area contributed by atoms with Crippen LogP contribution in [-0.4, -0.2) is 23.2 Å². The topological polar surface area (TPSA) is 63.2 Å². The van der Waals surface area contributed by atoms with E-state index < -0.39 is 0 Å². The second kappa shape index (κ2) is 7.61. The molecule has 2 aromatic rings. The summed E-state index contributed by atoms with van der Waals surface area (Å²) in [6.07, 6.45) is 4.08. The van der Waals surface area contributed by atoms with E-state index in [9.17, 15) is 10.5 Å². The summed E-state index contributed by atoms with van der Waals surface area (Å²) < 4.78 is 0. The summed E-state index contributed by atoms with van der Waals surface area (Å²) in [5, 5.41) is 20.9. The third kappa shape index (κ3) is 3.38. The number of likely N-dealkylation sites (N-methyl/N-ethyl adjacent to an activating group) is 1.